The molecular weight excluding hydrogens is 522 g/mol. The molecular formula is C32H38ClN5O2. The number of nitriles is 1. The number of pyridine rings is 1. The average Bonchev–Trinajstić information content (AvgIpc) is 3.20. The van der Waals surface area contributed by atoms with Crippen LogP contribution in [0, 0.1) is 34.0 Å². The van der Waals surface area contributed by atoms with Crippen LogP contribution in [0.15, 0.2) is 30.3 Å². The molecule has 40 heavy (non-hydrogen) atoms. The van der Waals surface area contributed by atoms with Gasteiger partial charge in [-0.25, -0.2) is 4.98 Å². The first-order valence-electron chi connectivity index (χ1n) is 14.0. The first-order chi connectivity index (χ1) is 18.8. The molecule has 0 radical (unpaired) electrons. The van der Waals surface area contributed by atoms with E-state index < -0.39 is 0 Å². The van der Waals surface area contributed by atoms with Crippen LogP contribution in [0.4, 0.5) is 0 Å². The third-order valence-electron chi connectivity index (χ3n) is 8.58. The van der Waals surface area contributed by atoms with Crippen molar-refractivity contribution in [1.82, 2.24) is 20.5 Å². The van der Waals surface area contributed by atoms with Crippen LogP contribution in [0.2, 0.25) is 5.02 Å². The number of hydrogen-bond donors (Lipinski definition) is 2. The highest BCUT2D eigenvalue weighted by atomic mass is 35.5. The lowest BCUT2D eigenvalue weighted by molar-refractivity contribution is -0.199. The van der Waals surface area contributed by atoms with Gasteiger partial charge in [0.2, 0.25) is 0 Å². The zero-order valence-corrected chi connectivity index (χ0v) is 24.9. The summed E-state index contributed by atoms with van der Waals surface area (Å²) in [5, 5.41) is 16.6. The van der Waals surface area contributed by atoms with E-state index in [1.165, 1.54) is 0 Å². The fraction of sp³-hybridized carbons (Fsp3) is 0.531. The summed E-state index contributed by atoms with van der Waals surface area (Å²) in [5.41, 5.74) is 1.53. The molecule has 1 aromatic heterocycles. The SMILES string of the molecule is CC(C)(C#Cc1ccc2c(n1)CN(C1C(C)(C)C(Oc3ccc(C#N)c(Cl)c3)C1(C)C)C2=O)NC1CCNCC1. The minimum Gasteiger partial charge on any atom is -0.489 e. The molecule has 1 aromatic carbocycles. The number of hydrogen-bond acceptors (Lipinski definition) is 6. The average molecular weight is 560 g/mol. The Kier molecular flexibility index (Phi) is 7.38. The molecule has 210 valence electrons. The van der Waals surface area contributed by atoms with Crippen LogP contribution >= 0.6 is 11.6 Å². The Morgan fingerprint density at radius 3 is 2.50 bits per heavy atom. The van der Waals surface area contributed by atoms with Gasteiger partial charge in [0.1, 0.15) is 23.6 Å². The van der Waals surface area contributed by atoms with E-state index in [0.717, 1.165) is 31.6 Å². The predicted molar refractivity (Wildman–Crippen MR) is 156 cm³/mol. The van der Waals surface area contributed by atoms with E-state index >= 15 is 0 Å². The van der Waals surface area contributed by atoms with Gasteiger partial charge in [-0.05, 0) is 70.0 Å². The molecule has 2 aliphatic heterocycles. The number of rotatable bonds is 5. The highest BCUT2D eigenvalue weighted by Gasteiger charge is 2.67. The van der Waals surface area contributed by atoms with E-state index in [0.29, 0.717) is 40.2 Å². The fourth-order valence-corrected chi connectivity index (χ4v) is 7.44. The molecule has 7 nitrogen and oxygen atoms in total. The maximum Gasteiger partial charge on any atom is 0.256 e. The number of amides is 1. The van der Waals surface area contributed by atoms with E-state index in [1.807, 2.05) is 17.0 Å². The monoisotopic (exact) mass is 559 g/mol. The number of benzene rings is 1. The minimum absolute atomic E-state index is 0.000862. The Morgan fingerprint density at radius 2 is 1.85 bits per heavy atom. The molecule has 0 atom stereocenters. The maximum absolute atomic E-state index is 13.6. The maximum atomic E-state index is 13.6. The number of ether oxygens (including phenoxy) is 1. The summed E-state index contributed by atoms with van der Waals surface area (Å²) in [4.78, 5) is 20.3. The third kappa shape index (κ3) is 5.19. The lowest BCUT2D eigenvalue weighted by atomic mass is 9.49. The molecule has 0 bridgehead atoms. The van der Waals surface area contributed by atoms with E-state index in [2.05, 4.69) is 70.1 Å². The lowest BCUT2D eigenvalue weighted by Crippen LogP contribution is -2.74. The van der Waals surface area contributed by atoms with Gasteiger partial charge in [-0.15, -0.1) is 0 Å². The van der Waals surface area contributed by atoms with Gasteiger partial charge in [-0.1, -0.05) is 45.2 Å². The summed E-state index contributed by atoms with van der Waals surface area (Å²) >= 11 is 6.25. The summed E-state index contributed by atoms with van der Waals surface area (Å²) in [6.07, 6.45) is 2.04. The van der Waals surface area contributed by atoms with Gasteiger partial charge in [0.05, 0.1) is 33.9 Å². The number of nitrogens with zero attached hydrogens (tertiary/aromatic N) is 3. The first-order valence-corrected chi connectivity index (χ1v) is 14.4. The lowest BCUT2D eigenvalue weighted by Gasteiger charge is -2.65. The quantitative estimate of drug-likeness (QED) is 0.506. The first kappa shape index (κ1) is 28.4. The van der Waals surface area contributed by atoms with Crippen molar-refractivity contribution < 1.29 is 9.53 Å². The number of nitrogens with one attached hydrogen (secondary N) is 2. The van der Waals surface area contributed by atoms with Crippen molar-refractivity contribution in [2.24, 2.45) is 10.8 Å². The Labute approximate surface area is 242 Å². The molecule has 1 saturated heterocycles. The van der Waals surface area contributed by atoms with E-state index in [1.54, 1.807) is 18.2 Å². The molecule has 1 saturated carbocycles. The minimum atomic E-state index is -0.335. The summed E-state index contributed by atoms with van der Waals surface area (Å²) in [5.74, 6) is 7.23. The van der Waals surface area contributed by atoms with Gasteiger partial charge in [0, 0.05) is 29.0 Å². The van der Waals surface area contributed by atoms with E-state index in [4.69, 9.17) is 21.3 Å². The molecule has 2 N–H and O–H groups in total. The van der Waals surface area contributed by atoms with Crippen LogP contribution in [0.1, 0.15) is 81.7 Å². The van der Waals surface area contributed by atoms with E-state index in [9.17, 15) is 10.1 Å². The van der Waals surface area contributed by atoms with Crippen LogP contribution in [0.25, 0.3) is 0 Å². The zero-order chi connectivity index (χ0) is 28.9. The fourth-order valence-electron chi connectivity index (χ4n) is 7.23. The van der Waals surface area contributed by atoms with Crippen LogP contribution in [0.5, 0.6) is 5.75 Å². The van der Waals surface area contributed by atoms with Gasteiger partial charge >= 0.3 is 0 Å². The second kappa shape index (κ2) is 10.4. The van der Waals surface area contributed by atoms with Crippen molar-refractivity contribution in [3.05, 3.63) is 57.9 Å². The second-order valence-electron chi connectivity index (χ2n) is 13.0. The molecule has 0 spiro atoms. The number of piperidine rings is 1. The van der Waals surface area contributed by atoms with Crippen molar-refractivity contribution >= 4 is 17.5 Å². The summed E-state index contributed by atoms with van der Waals surface area (Å²) < 4.78 is 6.43. The van der Waals surface area contributed by atoms with Gasteiger partial charge in [-0.2, -0.15) is 5.26 Å². The van der Waals surface area contributed by atoms with Gasteiger partial charge in [0.15, 0.2) is 0 Å². The third-order valence-corrected chi connectivity index (χ3v) is 8.89. The predicted octanol–water partition coefficient (Wildman–Crippen LogP) is 4.92. The number of carbonyl (C=O) groups excluding carboxylic acids is 1. The molecule has 3 aliphatic rings. The Balaban J connectivity index is 1.30. The van der Waals surface area contributed by atoms with Crippen molar-refractivity contribution in [3.63, 3.8) is 0 Å². The van der Waals surface area contributed by atoms with Crippen LogP contribution < -0.4 is 15.4 Å². The molecule has 2 aromatic rings. The smallest absolute Gasteiger partial charge is 0.256 e. The number of carbonyl (C=O) groups is 1. The standard InChI is InChI=1S/C32H38ClN5O2/c1-30(2,37-22-12-15-35-16-13-22)14-11-21-8-10-24-26(36-21)19-38(27(24)39)28-31(3,4)29(32(28,5)6)40-23-9-7-20(18-34)25(33)17-23/h7-10,17,22,28-29,35,37H,12-13,15-16,19H2,1-6H3. The van der Waals surface area contributed by atoms with Gasteiger partial charge in [0.25, 0.3) is 5.91 Å². The van der Waals surface area contributed by atoms with Crippen LogP contribution in [-0.2, 0) is 6.54 Å². The number of aromatic nitrogens is 1. The van der Waals surface area contributed by atoms with Crippen LogP contribution in [0.3, 0.4) is 0 Å². The largest absolute Gasteiger partial charge is 0.489 e. The highest BCUT2D eigenvalue weighted by Crippen LogP contribution is 2.59. The van der Waals surface area contributed by atoms with Crippen molar-refractivity contribution in [2.75, 3.05) is 13.1 Å². The topological polar surface area (TPSA) is 90.3 Å². The van der Waals surface area contributed by atoms with Gasteiger partial charge < -0.3 is 15.0 Å². The molecule has 3 heterocycles. The highest BCUT2D eigenvalue weighted by molar-refractivity contribution is 6.31. The van der Waals surface area contributed by atoms with Crippen molar-refractivity contribution in [2.45, 2.75) is 84.7 Å². The molecule has 1 amide bonds. The zero-order valence-electron chi connectivity index (χ0n) is 24.2. The molecule has 1 aliphatic carbocycles. The second-order valence-corrected chi connectivity index (χ2v) is 13.4. The molecule has 5 rings (SSSR count). The van der Waals surface area contributed by atoms with E-state index in [-0.39, 0.29) is 34.4 Å². The van der Waals surface area contributed by atoms with Crippen molar-refractivity contribution in [3.8, 4) is 23.7 Å². The Hall–Kier alpha value is -3.10. The summed E-state index contributed by atoms with van der Waals surface area (Å²) in [7, 11) is 0. The Bertz CT molecular complexity index is 1410. The van der Waals surface area contributed by atoms with Crippen LogP contribution in [-0.4, -0.2) is 52.6 Å². The number of fused-ring (bicyclic) bond motifs is 1. The summed E-state index contributed by atoms with van der Waals surface area (Å²) in [6, 6.07) is 11.3. The summed E-state index contributed by atoms with van der Waals surface area (Å²) in [6.45, 7) is 15.3. The Morgan fingerprint density at radius 1 is 1.15 bits per heavy atom. The van der Waals surface area contributed by atoms with Gasteiger partial charge in [-0.3, -0.25) is 10.1 Å². The van der Waals surface area contributed by atoms with Crippen molar-refractivity contribution in [1.29, 1.82) is 5.26 Å². The molecule has 8 heteroatoms. The normalized spacial score (nSPS) is 23.4. The molecule has 0 unspecified atom stereocenters. The molecule has 2 fully saturated rings. The number of halogens is 1.